The summed E-state index contributed by atoms with van der Waals surface area (Å²) < 4.78 is 31.1. The van der Waals surface area contributed by atoms with Crippen molar-refractivity contribution in [3.8, 4) is 5.75 Å². The standard InChI is InChI=1S/C13H20N2O4S/c1-4-10(2)15-13(16)9-14-20(17,18)12-7-5-11(19-3)6-8-12/h5-8,10,14H,4,9H2,1-3H3,(H,15,16)/t10-/m0/s1. The average Bonchev–Trinajstić information content (AvgIpc) is 2.45. The number of carbonyl (C=O) groups excluding carboxylic acids is 1. The van der Waals surface area contributed by atoms with E-state index < -0.39 is 10.0 Å². The summed E-state index contributed by atoms with van der Waals surface area (Å²) in [6, 6.07) is 5.97. The van der Waals surface area contributed by atoms with Gasteiger partial charge < -0.3 is 10.1 Å². The Balaban J connectivity index is 2.63. The first-order valence-corrected chi connectivity index (χ1v) is 7.80. The zero-order valence-corrected chi connectivity index (χ0v) is 12.7. The molecule has 0 aliphatic carbocycles. The third-order valence-electron chi connectivity index (χ3n) is 2.81. The van der Waals surface area contributed by atoms with E-state index in [2.05, 4.69) is 10.0 Å². The average molecular weight is 300 g/mol. The van der Waals surface area contributed by atoms with Crippen molar-refractivity contribution < 1.29 is 17.9 Å². The highest BCUT2D eigenvalue weighted by Gasteiger charge is 2.16. The molecule has 1 atom stereocenters. The second-order valence-corrected chi connectivity index (χ2v) is 6.14. The van der Waals surface area contributed by atoms with Crippen LogP contribution >= 0.6 is 0 Å². The van der Waals surface area contributed by atoms with E-state index in [0.29, 0.717) is 5.75 Å². The van der Waals surface area contributed by atoms with Gasteiger partial charge in [-0.15, -0.1) is 0 Å². The number of methoxy groups -OCH3 is 1. The highest BCUT2D eigenvalue weighted by atomic mass is 32.2. The van der Waals surface area contributed by atoms with E-state index >= 15 is 0 Å². The first-order chi connectivity index (χ1) is 9.39. The Kier molecular flexibility index (Phi) is 5.97. The fourth-order valence-electron chi connectivity index (χ4n) is 1.43. The van der Waals surface area contributed by atoms with Crippen LogP contribution in [0.25, 0.3) is 0 Å². The highest BCUT2D eigenvalue weighted by Crippen LogP contribution is 2.14. The molecule has 0 unspecified atom stereocenters. The second-order valence-electron chi connectivity index (χ2n) is 4.38. The Hall–Kier alpha value is -1.60. The van der Waals surface area contributed by atoms with E-state index in [1.54, 1.807) is 12.1 Å². The first-order valence-electron chi connectivity index (χ1n) is 6.32. The monoisotopic (exact) mass is 300 g/mol. The summed E-state index contributed by atoms with van der Waals surface area (Å²) in [5, 5.41) is 2.69. The molecule has 0 fully saturated rings. The van der Waals surface area contributed by atoms with Crippen molar-refractivity contribution in [1.82, 2.24) is 10.0 Å². The molecule has 1 rings (SSSR count). The molecule has 1 aromatic carbocycles. The number of benzene rings is 1. The van der Waals surface area contributed by atoms with E-state index in [4.69, 9.17) is 4.74 Å². The van der Waals surface area contributed by atoms with Gasteiger partial charge in [0.2, 0.25) is 15.9 Å². The molecule has 1 amide bonds. The van der Waals surface area contributed by atoms with Crippen molar-refractivity contribution in [2.24, 2.45) is 0 Å². The van der Waals surface area contributed by atoms with Gasteiger partial charge in [-0.1, -0.05) is 6.92 Å². The number of sulfonamides is 1. The van der Waals surface area contributed by atoms with Crippen molar-refractivity contribution in [3.63, 3.8) is 0 Å². The van der Waals surface area contributed by atoms with Crippen LogP contribution in [0, 0.1) is 0 Å². The van der Waals surface area contributed by atoms with Crippen molar-refractivity contribution in [1.29, 1.82) is 0 Å². The fourth-order valence-corrected chi connectivity index (χ4v) is 2.41. The van der Waals surface area contributed by atoms with Crippen LogP contribution in [-0.4, -0.2) is 34.0 Å². The van der Waals surface area contributed by atoms with Gasteiger partial charge in [0.25, 0.3) is 0 Å². The molecular weight excluding hydrogens is 280 g/mol. The van der Waals surface area contributed by atoms with Crippen molar-refractivity contribution in [2.45, 2.75) is 31.2 Å². The minimum Gasteiger partial charge on any atom is -0.497 e. The minimum absolute atomic E-state index is 0.0213. The normalized spacial score (nSPS) is 12.8. The lowest BCUT2D eigenvalue weighted by atomic mass is 10.2. The topological polar surface area (TPSA) is 84.5 Å². The maximum atomic E-state index is 12.0. The Labute approximate surface area is 119 Å². The fraction of sp³-hybridized carbons (Fsp3) is 0.462. The lowest BCUT2D eigenvalue weighted by Crippen LogP contribution is -2.40. The summed E-state index contributed by atoms with van der Waals surface area (Å²) in [4.78, 5) is 11.6. The predicted molar refractivity (Wildman–Crippen MR) is 76.1 cm³/mol. The molecule has 0 aliphatic rings. The number of carbonyl (C=O) groups is 1. The molecule has 1 aromatic rings. The number of rotatable bonds is 7. The summed E-state index contributed by atoms with van der Waals surface area (Å²) in [5.74, 6) is 0.218. The number of ether oxygens (including phenoxy) is 1. The molecule has 20 heavy (non-hydrogen) atoms. The van der Waals surface area contributed by atoms with E-state index in [1.807, 2.05) is 13.8 Å². The van der Waals surface area contributed by atoms with Gasteiger partial charge in [0.05, 0.1) is 18.6 Å². The number of nitrogens with one attached hydrogen (secondary N) is 2. The first kappa shape index (κ1) is 16.5. The molecular formula is C13H20N2O4S. The summed E-state index contributed by atoms with van der Waals surface area (Å²) in [7, 11) is -2.19. The lowest BCUT2D eigenvalue weighted by molar-refractivity contribution is -0.120. The van der Waals surface area contributed by atoms with Gasteiger partial charge in [0.15, 0.2) is 0 Å². The quantitative estimate of drug-likeness (QED) is 0.783. The molecule has 0 spiro atoms. The third-order valence-corrected chi connectivity index (χ3v) is 4.23. The smallest absolute Gasteiger partial charge is 0.241 e. The van der Waals surface area contributed by atoms with Crippen LogP contribution in [-0.2, 0) is 14.8 Å². The Bertz CT molecular complexity index is 540. The van der Waals surface area contributed by atoms with Crippen molar-refractivity contribution >= 4 is 15.9 Å². The molecule has 6 nitrogen and oxygen atoms in total. The molecule has 0 heterocycles. The molecule has 0 aliphatic heterocycles. The molecule has 0 saturated heterocycles. The van der Waals surface area contributed by atoms with Gasteiger partial charge in [-0.25, -0.2) is 13.1 Å². The summed E-state index contributed by atoms with van der Waals surface area (Å²) in [6.45, 7) is 3.51. The van der Waals surface area contributed by atoms with Crippen LogP contribution in [0.15, 0.2) is 29.2 Å². The van der Waals surface area contributed by atoms with E-state index in [9.17, 15) is 13.2 Å². The van der Waals surface area contributed by atoms with Gasteiger partial charge in [0, 0.05) is 6.04 Å². The Morgan fingerprint density at radius 1 is 1.30 bits per heavy atom. The Morgan fingerprint density at radius 2 is 1.90 bits per heavy atom. The van der Waals surface area contributed by atoms with Crippen LogP contribution in [0.2, 0.25) is 0 Å². The van der Waals surface area contributed by atoms with Crippen LogP contribution in [0.4, 0.5) is 0 Å². The van der Waals surface area contributed by atoms with Crippen LogP contribution < -0.4 is 14.8 Å². The zero-order valence-electron chi connectivity index (χ0n) is 11.8. The summed E-state index contributed by atoms with van der Waals surface area (Å²) in [5.41, 5.74) is 0. The largest absolute Gasteiger partial charge is 0.497 e. The lowest BCUT2D eigenvalue weighted by Gasteiger charge is -2.12. The van der Waals surface area contributed by atoms with Gasteiger partial charge in [-0.2, -0.15) is 0 Å². The maximum absolute atomic E-state index is 12.0. The maximum Gasteiger partial charge on any atom is 0.241 e. The number of hydrogen-bond acceptors (Lipinski definition) is 4. The molecule has 0 aromatic heterocycles. The van der Waals surface area contributed by atoms with Gasteiger partial charge in [-0.3, -0.25) is 4.79 Å². The van der Waals surface area contributed by atoms with Crippen LogP contribution in [0.3, 0.4) is 0 Å². The van der Waals surface area contributed by atoms with E-state index in [-0.39, 0.29) is 23.4 Å². The Morgan fingerprint density at radius 3 is 2.40 bits per heavy atom. The zero-order chi connectivity index (χ0) is 15.2. The van der Waals surface area contributed by atoms with Gasteiger partial charge in [0.1, 0.15) is 5.75 Å². The van der Waals surface area contributed by atoms with Gasteiger partial charge >= 0.3 is 0 Å². The van der Waals surface area contributed by atoms with E-state index in [1.165, 1.54) is 19.2 Å². The molecule has 0 radical (unpaired) electrons. The SMILES string of the molecule is CC[C@H](C)NC(=O)CNS(=O)(=O)c1ccc(OC)cc1. The summed E-state index contributed by atoms with van der Waals surface area (Å²) >= 11 is 0. The van der Waals surface area contributed by atoms with E-state index in [0.717, 1.165) is 6.42 Å². The summed E-state index contributed by atoms with van der Waals surface area (Å²) in [6.07, 6.45) is 0.789. The van der Waals surface area contributed by atoms with Crippen molar-refractivity contribution in [3.05, 3.63) is 24.3 Å². The molecule has 112 valence electrons. The molecule has 0 saturated carbocycles. The number of hydrogen-bond donors (Lipinski definition) is 2. The molecule has 2 N–H and O–H groups in total. The van der Waals surface area contributed by atoms with Crippen LogP contribution in [0.5, 0.6) is 5.75 Å². The second kappa shape index (κ2) is 7.25. The minimum atomic E-state index is -3.69. The third kappa shape index (κ3) is 4.82. The van der Waals surface area contributed by atoms with Crippen molar-refractivity contribution in [2.75, 3.05) is 13.7 Å². The predicted octanol–water partition coefficient (Wildman–Crippen LogP) is 0.888. The number of amides is 1. The highest BCUT2D eigenvalue weighted by molar-refractivity contribution is 7.89. The molecule has 0 bridgehead atoms. The molecule has 7 heteroatoms. The van der Waals surface area contributed by atoms with Crippen LogP contribution in [0.1, 0.15) is 20.3 Å². The van der Waals surface area contributed by atoms with Gasteiger partial charge in [-0.05, 0) is 37.6 Å².